The molecular weight excluding hydrogens is 220 g/mol. The fourth-order valence-corrected chi connectivity index (χ4v) is 3.10. The van der Waals surface area contributed by atoms with E-state index in [-0.39, 0.29) is 23.4 Å². The van der Waals surface area contributed by atoms with Crippen molar-refractivity contribution < 1.29 is 14.7 Å². The van der Waals surface area contributed by atoms with E-state index in [0.29, 0.717) is 11.4 Å². The first kappa shape index (κ1) is 10.4. The molecule has 2 atom stereocenters. The van der Waals surface area contributed by atoms with Gasteiger partial charge in [0.1, 0.15) is 11.4 Å². The average Bonchev–Trinajstić information content (AvgIpc) is 2.81. The largest absolute Gasteiger partial charge is 0.478 e. The van der Waals surface area contributed by atoms with Crippen LogP contribution in [0.2, 0.25) is 0 Å². The number of carboxylic acid groups (broad SMARTS) is 1. The Bertz CT molecular complexity index is 518. The zero-order valence-electron chi connectivity index (χ0n) is 9.56. The molecule has 2 N–H and O–H groups in total. The van der Waals surface area contributed by atoms with Crippen molar-refractivity contribution in [1.82, 2.24) is 4.57 Å². The maximum Gasteiger partial charge on any atom is 0.339 e. The van der Waals surface area contributed by atoms with E-state index in [4.69, 9.17) is 0 Å². The molecule has 2 heterocycles. The first-order chi connectivity index (χ1) is 8.09. The lowest BCUT2D eigenvalue weighted by Gasteiger charge is -2.28. The zero-order valence-corrected chi connectivity index (χ0v) is 9.56. The third-order valence-corrected chi connectivity index (χ3v) is 3.85. The van der Waals surface area contributed by atoms with Crippen molar-refractivity contribution in [3.63, 3.8) is 0 Å². The summed E-state index contributed by atoms with van der Waals surface area (Å²) >= 11 is 0. The number of aromatic nitrogens is 1. The smallest absolute Gasteiger partial charge is 0.339 e. The van der Waals surface area contributed by atoms with E-state index in [1.54, 1.807) is 6.92 Å². The number of carbonyl (C=O) groups is 2. The van der Waals surface area contributed by atoms with Gasteiger partial charge in [-0.3, -0.25) is 4.79 Å². The topological polar surface area (TPSA) is 71.3 Å². The molecule has 1 aliphatic carbocycles. The highest BCUT2D eigenvalue weighted by Crippen LogP contribution is 2.43. The van der Waals surface area contributed by atoms with Crippen LogP contribution in [0.25, 0.3) is 0 Å². The van der Waals surface area contributed by atoms with Gasteiger partial charge in [0, 0.05) is 12.2 Å². The molecule has 0 radical (unpaired) electrons. The van der Waals surface area contributed by atoms with E-state index in [1.807, 2.05) is 10.8 Å². The number of aryl methyl sites for hydroxylation is 1. The molecule has 0 spiro atoms. The number of nitrogens with zero attached hydrogens (tertiary/aromatic N) is 1. The maximum absolute atomic E-state index is 11.9. The SMILES string of the molecule is Cc1cn2c(c1C(=O)O)NC(=O)C1CCCC12. The van der Waals surface area contributed by atoms with E-state index in [0.717, 1.165) is 19.3 Å². The van der Waals surface area contributed by atoms with Gasteiger partial charge in [-0.25, -0.2) is 4.79 Å². The number of amides is 1. The van der Waals surface area contributed by atoms with Crippen molar-refractivity contribution in [2.75, 3.05) is 5.32 Å². The summed E-state index contributed by atoms with van der Waals surface area (Å²) < 4.78 is 1.94. The van der Waals surface area contributed by atoms with Crippen molar-refractivity contribution in [3.8, 4) is 0 Å². The van der Waals surface area contributed by atoms with Crippen LogP contribution in [0.15, 0.2) is 6.20 Å². The summed E-state index contributed by atoms with van der Waals surface area (Å²) in [7, 11) is 0. The van der Waals surface area contributed by atoms with E-state index >= 15 is 0 Å². The van der Waals surface area contributed by atoms with Gasteiger partial charge >= 0.3 is 5.97 Å². The maximum atomic E-state index is 11.9. The van der Waals surface area contributed by atoms with Gasteiger partial charge in [-0.15, -0.1) is 0 Å². The fourth-order valence-electron chi connectivity index (χ4n) is 3.10. The molecule has 1 aliphatic heterocycles. The van der Waals surface area contributed by atoms with Gasteiger partial charge in [-0.1, -0.05) is 6.42 Å². The second-order valence-electron chi connectivity index (χ2n) is 4.84. The van der Waals surface area contributed by atoms with Gasteiger partial charge in [-0.05, 0) is 25.3 Å². The number of nitrogens with one attached hydrogen (secondary N) is 1. The lowest BCUT2D eigenvalue weighted by Crippen LogP contribution is -2.34. The van der Waals surface area contributed by atoms with Gasteiger partial charge in [0.05, 0.1) is 5.92 Å². The minimum atomic E-state index is -0.979. The molecule has 0 bridgehead atoms. The standard InChI is InChI=1S/C12H14N2O3/c1-6-5-14-8-4-2-3-7(8)11(15)13-10(14)9(6)12(16)17/h5,7-8H,2-4H2,1H3,(H,13,15)(H,16,17). The minimum absolute atomic E-state index is 0.0101. The Kier molecular flexibility index (Phi) is 2.05. The number of carbonyl (C=O) groups excluding carboxylic acids is 1. The molecular formula is C12H14N2O3. The third kappa shape index (κ3) is 1.31. The van der Waals surface area contributed by atoms with Crippen LogP contribution in [0.1, 0.15) is 41.2 Å². The monoisotopic (exact) mass is 234 g/mol. The van der Waals surface area contributed by atoms with Gasteiger partial charge in [0.15, 0.2) is 0 Å². The van der Waals surface area contributed by atoms with Crippen LogP contribution in [0.5, 0.6) is 0 Å². The summed E-state index contributed by atoms with van der Waals surface area (Å²) in [4.78, 5) is 23.1. The Balaban J connectivity index is 2.17. The van der Waals surface area contributed by atoms with Crippen LogP contribution < -0.4 is 5.32 Å². The Labute approximate surface area is 98.4 Å². The summed E-state index contributed by atoms with van der Waals surface area (Å²) in [5.74, 6) is -0.535. The van der Waals surface area contributed by atoms with Crippen LogP contribution in [0.4, 0.5) is 5.82 Å². The Hall–Kier alpha value is -1.78. The second kappa shape index (κ2) is 3.35. The molecule has 2 unspecified atom stereocenters. The summed E-state index contributed by atoms with van der Waals surface area (Å²) in [6.45, 7) is 1.77. The average molecular weight is 234 g/mol. The van der Waals surface area contributed by atoms with Gasteiger partial charge in [-0.2, -0.15) is 0 Å². The molecule has 2 aliphatic rings. The Morgan fingerprint density at radius 1 is 1.53 bits per heavy atom. The van der Waals surface area contributed by atoms with Gasteiger partial charge < -0.3 is 15.0 Å². The quantitative estimate of drug-likeness (QED) is 0.778. The summed E-state index contributed by atoms with van der Waals surface area (Å²) in [5.41, 5.74) is 0.934. The highest BCUT2D eigenvalue weighted by atomic mass is 16.4. The summed E-state index contributed by atoms with van der Waals surface area (Å²) in [5, 5.41) is 11.9. The van der Waals surface area contributed by atoms with E-state index in [2.05, 4.69) is 5.32 Å². The lowest BCUT2D eigenvalue weighted by molar-refractivity contribution is -0.121. The van der Waals surface area contributed by atoms with Crippen LogP contribution in [-0.2, 0) is 4.79 Å². The highest BCUT2D eigenvalue weighted by molar-refractivity contribution is 6.02. The van der Waals surface area contributed by atoms with E-state index in [9.17, 15) is 14.7 Å². The zero-order chi connectivity index (χ0) is 12.2. The molecule has 3 rings (SSSR count). The van der Waals surface area contributed by atoms with Crippen LogP contribution >= 0.6 is 0 Å². The number of anilines is 1. The molecule has 0 aromatic carbocycles. The lowest BCUT2D eigenvalue weighted by atomic mass is 10.0. The van der Waals surface area contributed by atoms with Gasteiger partial charge in [0.2, 0.25) is 5.91 Å². The van der Waals surface area contributed by atoms with Gasteiger partial charge in [0.25, 0.3) is 0 Å². The fraction of sp³-hybridized carbons (Fsp3) is 0.500. The first-order valence-electron chi connectivity index (χ1n) is 5.85. The van der Waals surface area contributed by atoms with Crippen LogP contribution in [-0.4, -0.2) is 21.6 Å². The molecule has 1 saturated carbocycles. The number of hydrogen-bond acceptors (Lipinski definition) is 2. The van der Waals surface area contributed by atoms with Crippen molar-refractivity contribution in [1.29, 1.82) is 0 Å². The van der Waals surface area contributed by atoms with E-state index in [1.165, 1.54) is 0 Å². The molecule has 1 aromatic rings. The molecule has 5 heteroatoms. The number of hydrogen-bond donors (Lipinski definition) is 2. The highest BCUT2D eigenvalue weighted by Gasteiger charge is 2.40. The number of rotatable bonds is 1. The molecule has 1 fully saturated rings. The number of fused-ring (bicyclic) bond motifs is 3. The number of aromatic carboxylic acids is 1. The predicted octanol–water partition coefficient (Wildman–Crippen LogP) is 1.79. The Morgan fingerprint density at radius 3 is 3.00 bits per heavy atom. The first-order valence-corrected chi connectivity index (χ1v) is 5.85. The van der Waals surface area contributed by atoms with Crippen molar-refractivity contribution in [3.05, 3.63) is 17.3 Å². The van der Waals surface area contributed by atoms with Crippen molar-refractivity contribution in [2.24, 2.45) is 5.92 Å². The molecule has 1 aromatic heterocycles. The molecule has 90 valence electrons. The number of carboxylic acids is 1. The van der Waals surface area contributed by atoms with Crippen LogP contribution in [0, 0.1) is 12.8 Å². The van der Waals surface area contributed by atoms with Crippen molar-refractivity contribution in [2.45, 2.75) is 32.2 Å². The molecule has 0 saturated heterocycles. The summed E-state index contributed by atoms with van der Waals surface area (Å²) in [6.07, 6.45) is 4.73. The molecule has 1 amide bonds. The normalized spacial score (nSPS) is 26.3. The minimum Gasteiger partial charge on any atom is -0.478 e. The Morgan fingerprint density at radius 2 is 2.29 bits per heavy atom. The van der Waals surface area contributed by atoms with Crippen molar-refractivity contribution >= 4 is 17.7 Å². The second-order valence-corrected chi connectivity index (χ2v) is 4.84. The third-order valence-electron chi connectivity index (χ3n) is 3.85. The molecule has 5 nitrogen and oxygen atoms in total. The van der Waals surface area contributed by atoms with Crippen LogP contribution in [0.3, 0.4) is 0 Å². The van der Waals surface area contributed by atoms with E-state index < -0.39 is 5.97 Å². The molecule has 17 heavy (non-hydrogen) atoms. The predicted molar refractivity (Wildman–Crippen MR) is 61.1 cm³/mol. The summed E-state index contributed by atoms with van der Waals surface area (Å²) in [6, 6.07) is 0.144.